The number of fused-ring (bicyclic) bond motifs is 1. The predicted octanol–water partition coefficient (Wildman–Crippen LogP) is 1.76. The van der Waals surface area contributed by atoms with Gasteiger partial charge in [-0.25, -0.2) is 0 Å². The Morgan fingerprint density at radius 3 is 2.78 bits per heavy atom. The minimum Gasteiger partial charge on any atom is -0.399 e. The minimum atomic E-state index is -0.110. The van der Waals surface area contributed by atoms with Crippen LogP contribution in [-0.4, -0.2) is 18.3 Å². The van der Waals surface area contributed by atoms with Crippen LogP contribution in [0.2, 0.25) is 0 Å². The standard InChI is InChI=1S/C15H18N2O/c16-14(11-18)10-17-9-8-13-6-3-5-12-4-1-2-7-15(12)13/h1-7,10,17-18H,8-9,11,16H2/b14-10-. The summed E-state index contributed by atoms with van der Waals surface area (Å²) in [5, 5.41) is 14.4. The number of aliphatic hydroxyl groups excluding tert-OH is 1. The van der Waals surface area contributed by atoms with Crippen molar-refractivity contribution in [2.75, 3.05) is 13.2 Å². The maximum Gasteiger partial charge on any atom is 0.0840 e. The van der Waals surface area contributed by atoms with Gasteiger partial charge in [-0.15, -0.1) is 0 Å². The zero-order valence-corrected chi connectivity index (χ0v) is 10.3. The van der Waals surface area contributed by atoms with Crippen molar-refractivity contribution < 1.29 is 5.11 Å². The van der Waals surface area contributed by atoms with Crippen LogP contribution in [0.15, 0.2) is 54.4 Å². The molecule has 0 fully saturated rings. The molecule has 18 heavy (non-hydrogen) atoms. The molecule has 0 saturated heterocycles. The molecule has 0 amide bonds. The molecule has 2 aromatic carbocycles. The van der Waals surface area contributed by atoms with Gasteiger partial charge in [0.2, 0.25) is 0 Å². The summed E-state index contributed by atoms with van der Waals surface area (Å²) < 4.78 is 0. The van der Waals surface area contributed by atoms with E-state index in [-0.39, 0.29) is 6.61 Å². The van der Waals surface area contributed by atoms with Gasteiger partial charge in [-0.3, -0.25) is 0 Å². The molecule has 0 bridgehead atoms. The van der Waals surface area contributed by atoms with E-state index >= 15 is 0 Å². The number of aliphatic hydroxyl groups is 1. The van der Waals surface area contributed by atoms with Crippen LogP contribution in [0, 0.1) is 0 Å². The summed E-state index contributed by atoms with van der Waals surface area (Å²) in [4.78, 5) is 0. The van der Waals surface area contributed by atoms with Crippen LogP contribution in [0.1, 0.15) is 5.56 Å². The van der Waals surface area contributed by atoms with Crippen molar-refractivity contribution in [3.63, 3.8) is 0 Å². The molecule has 0 aliphatic heterocycles. The lowest BCUT2D eigenvalue weighted by atomic mass is 10.0. The highest BCUT2D eigenvalue weighted by Gasteiger charge is 1.99. The summed E-state index contributed by atoms with van der Waals surface area (Å²) >= 11 is 0. The molecule has 0 aliphatic rings. The number of rotatable bonds is 5. The van der Waals surface area contributed by atoms with Crippen molar-refractivity contribution in [3.8, 4) is 0 Å². The average molecular weight is 242 g/mol. The smallest absolute Gasteiger partial charge is 0.0840 e. The van der Waals surface area contributed by atoms with E-state index in [1.807, 2.05) is 0 Å². The van der Waals surface area contributed by atoms with E-state index in [4.69, 9.17) is 10.8 Å². The van der Waals surface area contributed by atoms with Crippen LogP contribution in [0.3, 0.4) is 0 Å². The molecule has 0 saturated carbocycles. The summed E-state index contributed by atoms with van der Waals surface area (Å²) in [5.74, 6) is 0. The van der Waals surface area contributed by atoms with E-state index in [1.165, 1.54) is 16.3 Å². The Labute approximate surface area is 107 Å². The van der Waals surface area contributed by atoms with Gasteiger partial charge in [0.25, 0.3) is 0 Å². The molecule has 94 valence electrons. The number of nitrogens with two attached hydrogens (primary N) is 1. The molecular formula is C15H18N2O. The second-order valence-corrected chi connectivity index (χ2v) is 4.22. The lowest BCUT2D eigenvalue weighted by Crippen LogP contribution is -2.14. The molecule has 0 radical (unpaired) electrons. The summed E-state index contributed by atoms with van der Waals surface area (Å²) in [6.07, 6.45) is 2.59. The van der Waals surface area contributed by atoms with E-state index in [2.05, 4.69) is 47.8 Å². The molecule has 3 heteroatoms. The fourth-order valence-electron chi connectivity index (χ4n) is 1.97. The first-order valence-electron chi connectivity index (χ1n) is 6.06. The summed E-state index contributed by atoms with van der Waals surface area (Å²) in [5.41, 5.74) is 7.26. The van der Waals surface area contributed by atoms with Crippen LogP contribution >= 0.6 is 0 Å². The van der Waals surface area contributed by atoms with Crippen LogP contribution in [0.25, 0.3) is 10.8 Å². The molecule has 0 aliphatic carbocycles. The highest BCUT2D eigenvalue weighted by atomic mass is 16.3. The van der Waals surface area contributed by atoms with E-state index in [0.29, 0.717) is 5.70 Å². The van der Waals surface area contributed by atoms with Gasteiger partial charge in [-0.1, -0.05) is 42.5 Å². The van der Waals surface area contributed by atoms with Crippen molar-refractivity contribution >= 4 is 10.8 Å². The topological polar surface area (TPSA) is 58.3 Å². The lowest BCUT2D eigenvalue weighted by Gasteiger charge is -2.07. The van der Waals surface area contributed by atoms with Crippen LogP contribution in [0.4, 0.5) is 0 Å². The average Bonchev–Trinajstić information content (AvgIpc) is 2.43. The monoisotopic (exact) mass is 242 g/mol. The van der Waals surface area contributed by atoms with E-state index in [9.17, 15) is 0 Å². The second-order valence-electron chi connectivity index (χ2n) is 4.22. The largest absolute Gasteiger partial charge is 0.399 e. The summed E-state index contributed by atoms with van der Waals surface area (Å²) in [6, 6.07) is 14.7. The third-order valence-electron chi connectivity index (χ3n) is 2.89. The zero-order valence-electron chi connectivity index (χ0n) is 10.3. The van der Waals surface area contributed by atoms with E-state index < -0.39 is 0 Å². The van der Waals surface area contributed by atoms with Gasteiger partial charge in [0, 0.05) is 18.4 Å². The Bertz CT molecular complexity index is 544. The van der Waals surface area contributed by atoms with E-state index in [0.717, 1.165) is 13.0 Å². The Hall–Kier alpha value is -2.00. The van der Waals surface area contributed by atoms with Gasteiger partial charge in [0.15, 0.2) is 0 Å². The van der Waals surface area contributed by atoms with Crippen molar-refractivity contribution in [1.82, 2.24) is 5.32 Å². The quantitative estimate of drug-likeness (QED) is 0.700. The van der Waals surface area contributed by atoms with Crippen LogP contribution < -0.4 is 11.1 Å². The van der Waals surface area contributed by atoms with Crippen LogP contribution in [-0.2, 0) is 6.42 Å². The zero-order chi connectivity index (χ0) is 12.8. The van der Waals surface area contributed by atoms with E-state index in [1.54, 1.807) is 6.20 Å². The normalized spacial score (nSPS) is 11.7. The fourth-order valence-corrected chi connectivity index (χ4v) is 1.97. The van der Waals surface area contributed by atoms with Crippen molar-refractivity contribution in [1.29, 1.82) is 0 Å². The molecular weight excluding hydrogens is 224 g/mol. The molecule has 0 atom stereocenters. The SMILES string of the molecule is N/C(=C\NCCc1cccc2ccccc12)CO. The lowest BCUT2D eigenvalue weighted by molar-refractivity contribution is 0.329. The van der Waals surface area contributed by atoms with Crippen molar-refractivity contribution in [3.05, 3.63) is 59.9 Å². The predicted molar refractivity (Wildman–Crippen MR) is 75.0 cm³/mol. The number of hydrogen-bond acceptors (Lipinski definition) is 3. The first kappa shape index (κ1) is 12.5. The second kappa shape index (κ2) is 6.07. The minimum absolute atomic E-state index is 0.110. The van der Waals surface area contributed by atoms with Gasteiger partial charge in [0.1, 0.15) is 0 Å². The number of hydrogen-bond donors (Lipinski definition) is 3. The first-order valence-corrected chi connectivity index (χ1v) is 6.06. The Kier molecular flexibility index (Phi) is 4.20. The Morgan fingerprint density at radius 1 is 1.17 bits per heavy atom. The molecule has 2 rings (SSSR count). The van der Waals surface area contributed by atoms with Crippen LogP contribution in [0.5, 0.6) is 0 Å². The summed E-state index contributed by atoms with van der Waals surface area (Å²) in [7, 11) is 0. The van der Waals surface area contributed by atoms with Gasteiger partial charge in [-0.2, -0.15) is 0 Å². The third kappa shape index (κ3) is 3.02. The molecule has 0 heterocycles. The van der Waals surface area contributed by atoms with Crippen molar-refractivity contribution in [2.24, 2.45) is 5.73 Å². The fraction of sp³-hybridized carbons (Fsp3) is 0.200. The highest BCUT2D eigenvalue weighted by Crippen LogP contribution is 2.18. The van der Waals surface area contributed by atoms with Gasteiger partial charge < -0.3 is 16.2 Å². The molecule has 0 spiro atoms. The van der Waals surface area contributed by atoms with Gasteiger partial charge in [0.05, 0.1) is 6.61 Å². The molecule has 0 aromatic heterocycles. The summed E-state index contributed by atoms with van der Waals surface area (Å²) in [6.45, 7) is 0.690. The number of benzene rings is 2. The maximum absolute atomic E-state index is 8.76. The Morgan fingerprint density at radius 2 is 1.94 bits per heavy atom. The van der Waals surface area contributed by atoms with Crippen molar-refractivity contribution in [2.45, 2.75) is 6.42 Å². The molecule has 3 nitrogen and oxygen atoms in total. The molecule has 4 N–H and O–H groups in total. The van der Waals surface area contributed by atoms with Gasteiger partial charge >= 0.3 is 0 Å². The maximum atomic E-state index is 8.76. The van der Waals surface area contributed by atoms with Gasteiger partial charge in [-0.05, 0) is 22.8 Å². The number of nitrogens with one attached hydrogen (secondary N) is 1. The first-order chi connectivity index (χ1) is 8.81. The molecule has 0 unspecified atom stereocenters. The Balaban J connectivity index is 2.04. The highest BCUT2D eigenvalue weighted by molar-refractivity contribution is 5.85. The molecule has 2 aromatic rings. The third-order valence-corrected chi connectivity index (χ3v) is 2.89.